The van der Waals surface area contributed by atoms with Gasteiger partial charge in [-0.2, -0.15) is 0 Å². The molecule has 7 nitrogen and oxygen atoms in total. The van der Waals surface area contributed by atoms with E-state index in [4.69, 9.17) is 14.2 Å². The molecule has 222 valence electrons. The predicted octanol–water partition coefficient (Wildman–Crippen LogP) is 7.15. The molecule has 1 N–H and O–H groups in total. The van der Waals surface area contributed by atoms with Gasteiger partial charge in [0.2, 0.25) is 0 Å². The van der Waals surface area contributed by atoms with E-state index in [1.807, 2.05) is 109 Å². The summed E-state index contributed by atoms with van der Waals surface area (Å²) in [6.07, 6.45) is 0. The van der Waals surface area contributed by atoms with Gasteiger partial charge in [-0.3, -0.25) is 9.59 Å². The number of hydrogen-bond acceptors (Lipinski definition) is 5. The molecule has 44 heavy (non-hydrogen) atoms. The molecular weight excluding hydrogens is 554 g/mol. The van der Waals surface area contributed by atoms with Crippen LogP contribution in [0.2, 0.25) is 0 Å². The van der Waals surface area contributed by atoms with Gasteiger partial charge in [-0.25, -0.2) is 0 Å². The van der Waals surface area contributed by atoms with Crippen molar-refractivity contribution in [2.45, 2.75) is 26.4 Å². The summed E-state index contributed by atoms with van der Waals surface area (Å²) in [7, 11) is 0. The third kappa shape index (κ3) is 8.97. The highest BCUT2D eigenvalue weighted by atomic mass is 16.5. The highest BCUT2D eigenvalue weighted by molar-refractivity contribution is 5.96. The first-order valence-corrected chi connectivity index (χ1v) is 14.3. The van der Waals surface area contributed by atoms with Gasteiger partial charge in [0.05, 0.1) is 0 Å². The highest BCUT2D eigenvalue weighted by Crippen LogP contribution is 2.21. The molecule has 0 fully saturated rings. The van der Waals surface area contributed by atoms with Gasteiger partial charge in [0.15, 0.2) is 0 Å². The number of carboxylic acids is 1. The Kier molecular flexibility index (Phi) is 10.2. The molecular formula is C37H33NO6. The molecule has 0 aliphatic rings. The normalized spacial score (nSPS) is 10.5. The van der Waals surface area contributed by atoms with Gasteiger partial charge in [-0.1, -0.05) is 91.0 Å². The van der Waals surface area contributed by atoms with Crippen LogP contribution in [-0.4, -0.2) is 28.4 Å². The molecule has 7 heteroatoms. The van der Waals surface area contributed by atoms with Crippen molar-refractivity contribution in [3.8, 4) is 17.2 Å². The van der Waals surface area contributed by atoms with Gasteiger partial charge in [0.1, 0.15) is 43.6 Å². The molecule has 0 spiro atoms. The second-order valence-corrected chi connectivity index (χ2v) is 10.2. The van der Waals surface area contributed by atoms with Crippen LogP contribution in [0.15, 0.2) is 133 Å². The van der Waals surface area contributed by atoms with Gasteiger partial charge >= 0.3 is 5.97 Å². The van der Waals surface area contributed by atoms with Gasteiger partial charge in [-0.15, -0.1) is 0 Å². The van der Waals surface area contributed by atoms with Crippen molar-refractivity contribution in [1.82, 2.24) is 4.90 Å². The van der Waals surface area contributed by atoms with Gasteiger partial charge < -0.3 is 24.2 Å². The van der Waals surface area contributed by atoms with Crippen molar-refractivity contribution < 1.29 is 28.9 Å². The van der Waals surface area contributed by atoms with Gasteiger partial charge in [-0.05, 0) is 64.7 Å². The summed E-state index contributed by atoms with van der Waals surface area (Å²) in [6, 6.07) is 41.5. The lowest BCUT2D eigenvalue weighted by Gasteiger charge is -2.21. The molecule has 0 saturated carbocycles. The average Bonchev–Trinajstić information content (AvgIpc) is 3.06. The Morgan fingerprint density at radius 3 is 1.61 bits per heavy atom. The standard InChI is InChI=1S/C37H33NO6/c39-36(40)24-38(23-31-13-7-15-34(21-31)43-26-29-11-5-2-6-12-29)37(41)32-14-8-16-35(22-32)44-27-30-17-19-33(20-18-30)42-25-28-9-3-1-4-10-28/h1-22H,23-27H2,(H,39,40). The molecule has 0 aliphatic carbocycles. The fraction of sp³-hybridized carbons (Fsp3) is 0.135. The molecule has 0 radical (unpaired) electrons. The summed E-state index contributed by atoms with van der Waals surface area (Å²) < 4.78 is 17.7. The maximum Gasteiger partial charge on any atom is 0.323 e. The molecule has 0 aliphatic heterocycles. The molecule has 0 aromatic heterocycles. The van der Waals surface area contributed by atoms with E-state index in [9.17, 15) is 14.7 Å². The van der Waals surface area contributed by atoms with Crippen LogP contribution in [-0.2, 0) is 31.2 Å². The van der Waals surface area contributed by atoms with E-state index in [-0.39, 0.29) is 6.54 Å². The van der Waals surface area contributed by atoms with Crippen molar-refractivity contribution in [2.24, 2.45) is 0 Å². The first kappa shape index (κ1) is 29.9. The smallest absolute Gasteiger partial charge is 0.323 e. The molecule has 1 amide bonds. The number of aliphatic carboxylic acids is 1. The van der Waals surface area contributed by atoms with Crippen LogP contribution in [0.25, 0.3) is 0 Å². The van der Waals surface area contributed by atoms with Crippen LogP contribution >= 0.6 is 0 Å². The fourth-order valence-electron chi connectivity index (χ4n) is 4.55. The summed E-state index contributed by atoms with van der Waals surface area (Å²) in [6.45, 7) is 0.852. The summed E-state index contributed by atoms with van der Waals surface area (Å²) in [5.74, 6) is 0.399. The third-order valence-corrected chi connectivity index (χ3v) is 6.79. The summed E-state index contributed by atoms with van der Waals surface area (Å²) in [5, 5.41) is 9.55. The van der Waals surface area contributed by atoms with Gasteiger partial charge in [0.25, 0.3) is 5.91 Å². The van der Waals surface area contributed by atoms with Crippen LogP contribution in [0.1, 0.15) is 32.6 Å². The number of nitrogens with zero attached hydrogens (tertiary/aromatic N) is 1. The van der Waals surface area contributed by atoms with Crippen molar-refractivity contribution in [3.05, 3.63) is 161 Å². The molecule has 0 heterocycles. The van der Waals surface area contributed by atoms with E-state index in [1.165, 1.54) is 4.90 Å². The van der Waals surface area contributed by atoms with E-state index in [0.29, 0.717) is 36.9 Å². The van der Waals surface area contributed by atoms with Crippen LogP contribution < -0.4 is 14.2 Å². The summed E-state index contributed by atoms with van der Waals surface area (Å²) >= 11 is 0. The molecule has 0 saturated heterocycles. The summed E-state index contributed by atoms with van der Waals surface area (Å²) in [5.41, 5.74) is 4.17. The van der Waals surface area contributed by atoms with E-state index >= 15 is 0 Å². The lowest BCUT2D eigenvalue weighted by atomic mass is 10.1. The Bertz CT molecular complexity index is 1660. The number of hydrogen-bond donors (Lipinski definition) is 1. The van der Waals surface area contributed by atoms with Crippen molar-refractivity contribution in [2.75, 3.05) is 6.54 Å². The maximum absolute atomic E-state index is 13.5. The van der Waals surface area contributed by atoms with Crippen LogP contribution in [0.4, 0.5) is 0 Å². The second-order valence-electron chi connectivity index (χ2n) is 10.2. The Morgan fingerprint density at radius 2 is 1.02 bits per heavy atom. The fourth-order valence-corrected chi connectivity index (χ4v) is 4.55. The molecule has 0 bridgehead atoms. The Labute approximate surface area is 256 Å². The topological polar surface area (TPSA) is 85.3 Å². The van der Waals surface area contributed by atoms with Crippen LogP contribution in [0, 0.1) is 0 Å². The Hall–Kier alpha value is -5.56. The number of carbonyl (C=O) groups is 2. The Balaban J connectivity index is 1.19. The second kappa shape index (κ2) is 15.1. The zero-order valence-corrected chi connectivity index (χ0v) is 24.2. The van der Waals surface area contributed by atoms with E-state index in [2.05, 4.69) is 0 Å². The third-order valence-electron chi connectivity index (χ3n) is 6.79. The maximum atomic E-state index is 13.5. The summed E-state index contributed by atoms with van der Waals surface area (Å²) in [4.78, 5) is 26.4. The first-order valence-electron chi connectivity index (χ1n) is 14.3. The van der Waals surface area contributed by atoms with Crippen LogP contribution in [0.5, 0.6) is 17.2 Å². The zero-order valence-electron chi connectivity index (χ0n) is 24.2. The van der Waals surface area contributed by atoms with E-state index < -0.39 is 18.4 Å². The molecule has 0 unspecified atom stereocenters. The molecule has 5 aromatic rings. The number of carbonyl (C=O) groups excluding carboxylic acids is 1. The minimum absolute atomic E-state index is 0.109. The Morgan fingerprint density at radius 1 is 0.523 bits per heavy atom. The monoisotopic (exact) mass is 587 g/mol. The highest BCUT2D eigenvalue weighted by Gasteiger charge is 2.20. The SMILES string of the molecule is O=C(O)CN(Cc1cccc(OCc2ccccc2)c1)C(=O)c1cccc(OCc2ccc(OCc3ccccc3)cc2)c1. The molecule has 5 aromatic carbocycles. The van der Waals surface area contributed by atoms with Crippen molar-refractivity contribution in [1.29, 1.82) is 0 Å². The number of ether oxygens (including phenoxy) is 3. The number of amides is 1. The number of rotatable bonds is 14. The average molecular weight is 588 g/mol. The van der Waals surface area contributed by atoms with E-state index in [1.54, 1.807) is 24.3 Å². The predicted molar refractivity (Wildman–Crippen MR) is 168 cm³/mol. The number of benzene rings is 5. The van der Waals surface area contributed by atoms with Crippen LogP contribution in [0.3, 0.4) is 0 Å². The first-order chi connectivity index (χ1) is 21.5. The minimum Gasteiger partial charge on any atom is -0.489 e. The lowest BCUT2D eigenvalue weighted by molar-refractivity contribution is -0.137. The van der Waals surface area contributed by atoms with Crippen molar-refractivity contribution >= 4 is 11.9 Å². The molecule has 5 rings (SSSR count). The lowest BCUT2D eigenvalue weighted by Crippen LogP contribution is -2.35. The van der Waals surface area contributed by atoms with Crippen molar-refractivity contribution in [3.63, 3.8) is 0 Å². The zero-order chi connectivity index (χ0) is 30.6. The molecule has 0 atom stereocenters. The van der Waals surface area contributed by atoms with Gasteiger partial charge in [0, 0.05) is 12.1 Å². The minimum atomic E-state index is -1.10. The largest absolute Gasteiger partial charge is 0.489 e. The quantitative estimate of drug-likeness (QED) is 0.149. The number of carboxylic acid groups (broad SMARTS) is 1. The van der Waals surface area contributed by atoms with E-state index in [0.717, 1.165) is 28.0 Å².